The summed E-state index contributed by atoms with van der Waals surface area (Å²) in [6, 6.07) is 8.95. The van der Waals surface area contributed by atoms with Crippen molar-refractivity contribution in [2.45, 2.75) is 58.3 Å². The van der Waals surface area contributed by atoms with Gasteiger partial charge in [0.15, 0.2) is 0 Å². The molecule has 1 aliphatic carbocycles. The summed E-state index contributed by atoms with van der Waals surface area (Å²) >= 11 is 0. The van der Waals surface area contributed by atoms with Crippen molar-refractivity contribution in [3.8, 4) is 17.1 Å². The molecule has 0 atom stereocenters. The molecule has 0 radical (unpaired) electrons. The standard InChI is InChI=1S/C22H29FN2O/c1-3-4-16-5-7-17(8-6-16)9-10-18-11-12-19(15-20(18)23)21-13-14-22(26-2)25-24-21/h11-17H,3-10H2,1-2H3. The highest BCUT2D eigenvalue weighted by Crippen LogP contribution is 2.34. The second kappa shape index (κ2) is 9.11. The predicted octanol–water partition coefficient (Wildman–Crippen LogP) is 5.83. The van der Waals surface area contributed by atoms with Gasteiger partial charge in [-0.15, -0.1) is 10.2 Å². The first-order valence-corrected chi connectivity index (χ1v) is 9.86. The summed E-state index contributed by atoms with van der Waals surface area (Å²) < 4.78 is 19.5. The molecular weight excluding hydrogens is 327 g/mol. The lowest BCUT2D eigenvalue weighted by molar-refractivity contribution is 0.252. The first kappa shape index (κ1) is 18.8. The number of aromatic nitrogens is 2. The Kier molecular flexibility index (Phi) is 6.59. The van der Waals surface area contributed by atoms with E-state index in [2.05, 4.69) is 17.1 Å². The van der Waals surface area contributed by atoms with Crippen LogP contribution in [0.1, 0.15) is 57.4 Å². The minimum atomic E-state index is -0.139. The first-order chi connectivity index (χ1) is 12.7. The highest BCUT2D eigenvalue weighted by atomic mass is 19.1. The number of hydrogen-bond donors (Lipinski definition) is 0. The monoisotopic (exact) mass is 356 g/mol. The van der Waals surface area contributed by atoms with Crippen molar-refractivity contribution in [2.75, 3.05) is 7.11 Å². The molecule has 4 heteroatoms. The van der Waals surface area contributed by atoms with Crippen molar-refractivity contribution in [1.82, 2.24) is 10.2 Å². The van der Waals surface area contributed by atoms with Gasteiger partial charge in [-0.1, -0.05) is 57.6 Å². The van der Waals surface area contributed by atoms with E-state index in [-0.39, 0.29) is 5.82 Å². The summed E-state index contributed by atoms with van der Waals surface area (Å²) in [5.41, 5.74) is 2.22. The quantitative estimate of drug-likeness (QED) is 0.626. The van der Waals surface area contributed by atoms with Gasteiger partial charge in [-0.05, 0) is 42.4 Å². The molecule has 1 aliphatic rings. The van der Waals surface area contributed by atoms with Gasteiger partial charge in [0.2, 0.25) is 5.88 Å². The van der Waals surface area contributed by atoms with Crippen LogP contribution in [0.2, 0.25) is 0 Å². The van der Waals surface area contributed by atoms with Crippen LogP contribution in [-0.4, -0.2) is 17.3 Å². The molecule has 0 unspecified atom stereocenters. The highest BCUT2D eigenvalue weighted by molar-refractivity contribution is 5.59. The van der Waals surface area contributed by atoms with Gasteiger partial charge in [0.25, 0.3) is 0 Å². The molecule has 3 nitrogen and oxygen atoms in total. The van der Waals surface area contributed by atoms with E-state index >= 15 is 0 Å². The Morgan fingerprint density at radius 2 is 1.73 bits per heavy atom. The van der Waals surface area contributed by atoms with Crippen LogP contribution in [0.5, 0.6) is 5.88 Å². The van der Waals surface area contributed by atoms with Crippen molar-refractivity contribution in [1.29, 1.82) is 0 Å². The van der Waals surface area contributed by atoms with E-state index in [1.807, 2.05) is 12.1 Å². The van der Waals surface area contributed by atoms with Gasteiger partial charge in [-0.3, -0.25) is 0 Å². The van der Waals surface area contributed by atoms with Gasteiger partial charge < -0.3 is 4.74 Å². The van der Waals surface area contributed by atoms with Crippen LogP contribution in [0.25, 0.3) is 11.3 Å². The van der Waals surface area contributed by atoms with Crippen molar-refractivity contribution < 1.29 is 9.13 Å². The Hall–Kier alpha value is -1.97. The topological polar surface area (TPSA) is 35.0 Å². The Morgan fingerprint density at radius 3 is 2.31 bits per heavy atom. The average molecular weight is 356 g/mol. The third kappa shape index (κ3) is 4.80. The summed E-state index contributed by atoms with van der Waals surface area (Å²) in [7, 11) is 1.55. The molecule has 1 heterocycles. The normalized spacial score (nSPS) is 20.1. The summed E-state index contributed by atoms with van der Waals surface area (Å²) in [4.78, 5) is 0. The van der Waals surface area contributed by atoms with E-state index in [0.717, 1.165) is 35.8 Å². The van der Waals surface area contributed by atoms with Crippen molar-refractivity contribution in [2.24, 2.45) is 11.8 Å². The molecule has 0 amide bonds. The molecule has 0 aliphatic heterocycles. The lowest BCUT2D eigenvalue weighted by Crippen LogP contribution is -2.15. The van der Waals surface area contributed by atoms with Gasteiger partial charge in [0.05, 0.1) is 12.8 Å². The fraction of sp³-hybridized carbons (Fsp3) is 0.545. The Labute approximate surface area is 156 Å². The van der Waals surface area contributed by atoms with Crippen LogP contribution in [0.3, 0.4) is 0 Å². The lowest BCUT2D eigenvalue weighted by atomic mass is 9.78. The molecule has 2 aromatic rings. The molecule has 26 heavy (non-hydrogen) atoms. The summed E-state index contributed by atoms with van der Waals surface area (Å²) in [6.45, 7) is 2.27. The summed E-state index contributed by atoms with van der Waals surface area (Å²) in [6.07, 6.45) is 9.92. The molecule has 1 aromatic heterocycles. The van der Waals surface area contributed by atoms with Crippen LogP contribution < -0.4 is 4.74 Å². The Bertz CT molecular complexity index is 694. The molecule has 0 N–H and O–H groups in total. The van der Waals surface area contributed by atoms with Gasteiger partial charge in [0.1, 0.15) is 5.82 Å². The number of benzene rings is 1. The number of aryl methyl sites for hydroxylation is 1. The van der Waals surface area contributed by atoms with Gasteiger partial charge in [-0.2, -0.15) is 0 Å². The number of nitrogens with zero attached hydrogens (tertiary/aromatic N) is 2. The van der Waals surface area contributed by atoms with E-state index in [4.69, 9.17) is 4.74 Å². The van der Waals surface area contributed by atoms with Crippen LogP contribution in [-0.2, 0) is 6.42 Å². The summed E-state index contributed by atoms with van der Waals surface area (Å²) in [5, 5.41) is 8.04. The van der Waals surface area contributed by atoms with E-state index in [1.54, 1.807) is 25.3 Å². The maximum atomic E-state index is 14.5. The number of methoxy groups -OCH3 is 1. The third-order valence-electron chi connectivity index (χ3n) is 5.68. The smallest absolute Gasteiger partial charge is 0.233 e. The van der Waals surface area contributed by atoms with Crippen LogP contribution in [0.15, 0.2) is 30.3 Å². The largest absolute Gasteiger partial charge is 0.480 e. The zero-order chi connectivity index (χ0) is 18.4. The highest BCUT2D eigenvalue weighted by Gasteiger charge is 2.20. The first-order valence-electron chi connectivity index (χ1n) is 9.86. The molecule has 1 aromatic carbocycles. The minimum absolute atomic E-state index is 0.139. The number of rotatable bonds is 7. The number of hydrogen-bond acceptors (Lipinski definition) is 3. The molecule has 0 spiro atoms. The fourth-order valence-electron chi connectivity index (χ4n) is 4.07. The minimum Gasteiger partial charge on any atom is -0.480 e. The van der Waals surface area contributed by atoms with Crippen LogP contribution in [0.4, 0.5) is 4.39 Å². The van der Waals surface area contributed by atoms with Crippen molar-refractivity contribution in [3.63, 3.8) is 0 Å². The SMILES string of the molecule is CCCC1CCC(CCc2ccc(-c3ccc(OC)nn3)cc2F)CC1. The van der Waals surface area contributed by atoms with E-state index < -0.39 is 0 Å². The molecule has 3 rings (SSSR count). The second-order valence-electron chi connectivity index (χ2n) is 7.48. The lowest BCUT2D eigenvalue weighted by Gasteiger charge is -2.28. The molecule has 0 bridgehead atoms. The van der Waals surface area contributed by atoms with Gasteiger partial charge in [-0.25, -0.2) is 4.39 Å². The van der Waals surface area contributed by atoms with E-state index in [0.29, 0.717) is 11.6 Å². The van der Waals surface area contributed by atoms with Crippen LogP contribution in [0, 0.1) is 17.7 Å². The fourth-order valence-corrected chi connectivity index (χ4v) is 4.07. The maximum Gasteiger partial charge on any atom is 0.233 e. The van der Waals surface area contributed by atoms with E-state index in [1.165, 1.54) is 38.5 Å². The maximum absolute atomic E-state index is 14.5. The number of halogens is 1. The zero-order valence-corrected chi connectivity index (χ0v) is 15.9. The van der Waals surface area contributed by atoms with Gasteiger partial charge in [0, 0.05) is 11.6 Å². The predicted molar refractivity (Wildman–Crippen MR) is 103 cm³/mol. The number of ether oxygens (including phenoxy) is 1. The molecular formula is C22H29FN2O. The summed E-state index contributed by atoms with van der Waals surface area (Å²) in [5.74, 6) is 2.01. The van der Waals surface area contributed by atoms with Crippen LogP contribution >= 0.6 is 0 Å². The van der Waals surface area contributed by atoms with E-state index in [9.17, 15) is 4.39 Å². The Morgan fingerprint density at radius 1 is 1.00 bits per heavy atom. The third-order valence-corrected chi connectivity index (χ3v) is 5.68. The zero-order valence-electron chi connectivity index (χ0n) is 15.9. The molecule has 1 fully saturated rings. The Balaban J connectivity index is 1.56. The molecule has 140 valence electrons. The molecule has 1 saturated carbocycles. The molecule has 0 saturated heterocycles. The van der Waals surface area contributed by atoms with Gasteiger partial charge >= 0.3 is 0 Å². The second-order valence-corrected chi connectivity index (χ2v) is 7.48. The van der Waals surface area contributed by atoms with Crippen molar-refractivity contribution >= 4 is 0 Å². The van der Waals surface area contributed by atoms with Crippen molar-refractivity contribution in [3.05, 3.63) is 41.7 Å². The average Bonchev–Trinajstić information content (AvgIpc) is 2.68.